The summed E-state index contributed by atoms with van der Waals surface area (Å²) in [4.78, 5) is 13.0. The second-order valence-electron chi connectivity index (χ2n) is 3.70. The standard InChI is InChI=1S/C11H23NO2/c1-3-4-5-6-7-8-11(14)12(2)9-10-13/h13H,3-10H2,1-2H3. The number of carbonyl (C=O) groups excluding carboxylic acids is 1. The van der Waals surface area contributed by atoms with Gasteiger partial charge in [-0.25, -0.2) is 0 Å². The zero-order valence-corrected chi connectivity index (χ0v) is 9.46. The number of aliphatic hydroxyl groups is 1. The summed E-state index contributed by atoms with van der Waals surface area (Å²) in [6, 6.07) is 0. The van der Waals surface area contributed by atoms with Crippen molar-refractivity contribution in [2.45, 2.75) is 45.4 Å². The van der Waals surface area contributed by atoms with E-state index in [1.165, 1.54) is 19.3 Å². The van der Waals surface area contributed by atoms with Crippen molar-refractivity contribution in [2.75, 3.05) is 20.2 Å². The van der Waals surface area contributed by atoms with E-state index in [1.807, 2.05) is 0 Å². The van der Waals surface area contributed by atoms with Crippen LogP contribution in [0.2, 0.25) is 0 Å². The molecular weight excluding hydrogens is 178 g/mol. The van der Waals surface area contributed by atoms with Crippen molar-refractivity contribution in [3.05, 3.63) is 0 Å². The Morgan fingerprint density at radius 1 is 1.21 bits per heavy atom. The van der Waals surface area contributed by atoms with Gasteiger partial charge in [-0.05, 0) is 6.42 Å². The zero-order chi connectivity index (χ0) is 10.8. The van der Waals surface area contributed by atoms with Gasteiger partial charge in [0.2, 0.25) is 5.91 Å². The van der Waals surface area contributed by atoms with Crippen molar-refractivity contribution in [1.82, 2.24) is 4.90 Å². The molecule has 0 aromatic rings. The number of likely N-dealkylation sites (N-methyl/N-ethyl adjacent to an activating group) is 1. The van der Waals surface area contributed by atoms with E-state index in [-0.39, 0.29) is 12.5 Å². The number of nitrogens with zero attached hydrogens (tertiary/aromatic N) is 1. The first-order chi connectivity index (χ1) is 6.72. The van der Waals surface area contributed by atoms with Gasteiger partial charge in [0, 0.05) is 20.0 Å². The lowest BCUT2D eigenvalue weighted by atomic mass is 10.1. The van der Waals surface area contributed by atoms with Crippen molar-refractivity contribution in [1.29, 1.82) is 0 Å². The molecule has 0 rings (SSSR count). The van der Waals surface area contributed by atoms with Gasteiger partial charge in [-0.15, -0.1) is 0 Å². The summed E-state index contributed by atoms with van der Waals surface area (Å²) >= 11 is 0. The molecule has 0 aliphatic carbocycles. The smallest absolute Gasteiger partial charge is 0.222 e. The molecule has 84 valence electrons. The molecule has 0 fully saturated rings. The second kappa shape index (κ2) is 9.00. The normalized spacial score (nSPS) is 10.2. The molecule has 0 radical (unpaired) electrons. The fourth-order valence-corrected chi connectivity index (χ4v) is 1.35. The maximum absolute atomic E-state index is 11.4. The lowest BCUT2D eigenvalue weighted by Crippen LogP contribution is -2.29. The summed E-state index contributed by atoms with van der Waals surface area (Å²) in [7, 11) is 1.74. The summed E-state index contributed by atoms with van der Waals surface area (Å²) in [5.41, 5.74) is 0. The molecule has 0 aromatic heterocycles. The van der Waals surface area contributed by atoms with Gasteiger partial charge in [0.25, 0.3) is 0 Å². The highest BCUT2D eigenvalue weighted by Crippen LogP contribution is 2.06. The van der Waals surface area contributed by atoms with E-state index in [9.17, 15) is 4.79 Å². The van der Waals surface area contributed by atoms with Crippen LogP contribution in [0.1, 0.15) is 45.4 Å². The first-order valence-corrected chi connectivity index (χ1v) is 5.57. The third kappa shape index (κ3) is 6.89. The Balaban J connectivity index is 3.34. The van der Waals surface area contributed by atoms with Crippen LogP contribution in [-0.2, 0) is 4.79 Å². The molecule has 14 heavy (non-hydrogen) atoms. The average molecular weight is 201 g/mol. The fourth-order valence-electron chi connectivity index (χ4n) is 1.35. The highest BCUT2D eigenvalue weighted by Gasteiger charge is 2.06. The highest BCUT2D eigenvalue weighted by atomic mass is 16.3. The van der Waals surface area contributed by atoms with Crippen LogP contribution < -0.4 is 0 Å². The van der Waals surface area contributed by atoms with Crippen LogP contribution in [0.3, 0.4) is 0 Å². The maximum atomic E-state index is 11.4. The molecule has 0 aliphatic rings. The van der Waals surface area contributed by atoms with Gasteiger partial charge < -0.3 is 10.0 Å². The van der Waals surface area contributed by atoms with Gasteiger partial charge in [0.15, 0.2) is 0 Å². The summed E-state index contributed by atoms with van der Waals surface area (Å²) in [6.45, 7) is 2.69. The minimum absolute atomic E-state index is 0.0536. The number of rotatable bonds is 8. The number of unbranched alkanes of at least 4 members (excludes halogenated alkanes) is 4. The largest absolute Gasteiger partial charge is 0.395 e. The molecule has 1 amide bonds. The molecule has 0 atom stereocenters. The lowest BCUT2D eigenvalue weighted by molar-refractivity contribution is -0.130. The summed E-state index contributed by atoms with van der Waals surface area (Å²) in [6.07, 6.45) is 6.48. The van der Waals surface area contributed by atoms with Crippen molar-refractivity contribution in [3.8, 4) is 0 Å². The maximum Gasteiger partial charge on any atom is 0.222 e. The van der Waals surface area contributed by atoms with Gasteiger partial charge >= 0.3 is 0 Å². The van der Waals surface area contributed by atoms with E-state index in [0.29, 0.717) is 13.0 Å². The predicted molar refractivity (Wildman–Crippen MR) is 58.1 cm³/mol. The van der Waals surface area contributed by atoms with Crippen LogP contribution in [0.4, 0.5) is 0 Å². The van der Waals surface area contributed by atoms with Gasteiger partial charge in [-0.3, -0.25) is 4.79 Å². The predicted octanol–water partition coefficient (Wildman–Crippen LogP) is 1.80. The van der Waals surface area contributed by atoms with Gasteiger partial charge in [-0.2, -0.15) is 0 Å². The van der Waals surface area contributed by atoms with Gasteiger partial charge in [-0.1, -0.05) is 32.6 Å². The second-order valence-corrected chi connectivity index (χ2v) is 3.70. The van der Waals surface area contributed by atoms with Gasteiger partial charge in [0.1, 0.15) is 0 Å². The Labute approximate surface area is 87.1 Å². The fraction of sp³-hybridized carbons (Fsp3) is 0.909. The van der Waals surface area contributed by atoms with Crippen LogP contribution in [0, 0.1) is 0 Å². The molecule has 1 N–H and O–H groups in total. The first kappa shape index (κ1) is 13.4. The summed E-state index contributed by atoms with van der Waals surface area (Å²) < 4.78 is 0. The number of aliphatic hydroxyl groups excluding tert-OH is 1. The molecule has 0 unspecified atom stereocenters. The molecule has 0 saturated carbocycles. The Morgan fingerprint density at radius 3 is 2.43 bits per heavy atom. The number of hydrogen-bond donors (Lipinski definition) is 1. The van der Waals surface area contributed by atoms with Crippen molar-refractivity contribution < 1.29 is 9.90 Å². The van der Waals surface area contributed by atoms with Crippen molar-refractivity contribution in [2.24, 2.45) is 0 Å². The van der Waals surface area contributed by atoms with E-state index < -0.39 is 0 Å². The molecule has 3 heteroatoms. The van der Waals surface area contributed by atoms with E-state index in [1.54, 1.807) is 11.9 Å². The number of carbonyl (C=O) groups is 1. The third-order valence-corrected chi connectivity index (χ3v) is 2.36. The third-order valence-electron chi connectivity index (χ3n) is 2.36. The van der Waals surface area contributed by atoms with Crippen LogP contribution >= 0.6 is 0 Å². The van der Waals surface area contributed by atoms with E-state index in [4.69, 9.17) is 5.11 Å². The Hall–Kier alpha value is -0.570. The topological polar surface area (TPSA) is 40.5 Å². The molecule has 3 nitrogen and oxygen atoms in total. The monoisotopic (exact) mass is 201 g/mol. The van der Waals surface area contributed by atoms with Crippen molar-refractivity contribution >= 4 is 5.91 Å². The molecule has 0 saturated heterocycles. The van der Waals surface area contributed by atoms with E-state index >= 15 is 0 Å². The molecule has 0 spiro atoms. The number of amides is 1. The van der Waals surface area contributed by atoms with E-state index in [0.717, 1.165) is 12.8 Å². The lowest BCUT2D eigenvalue weighted by Gasteiger charge is -2.15. The SMILES string of the molecule is CCCCCCCC(=O)N(C)CCO. The number of hydrogen-bond acceptors (Lipinski definition) is 2. The molecular formula is C11H23NO2. The minimum atomic E-state index is 0.0536. The van der Waals surface area contributed by atoms with Crippen LogP contribution in [0.5, 0.6) is 0 Å². The molecule has 0 bridgehead atoms. The quantitative estimate of drug-likeness (QED) is 0.608. The Bertz CT molecular complexity index is 148. The van der Waals surface area contributed by atoms with Gasteiger partial charge in [0.05, 0.1) is 6.61 Å². The average Bonchev–Trinajstić information content (AvgIpc) is 2.17. The Morgan fingerprint density at radius 2 is 1.86 bits per heavy atom. The first-order valence-electron chi connectivity index (χ1n) is 5.57. The van der Waals surface area contributed by atoms with Crippen LogP contribution in [-0.4, -0.2) is 36.1 Å². The zero-order valence-electron chi connectivity index (χ0n) is 9.46. The van der Waals surface area contributed by atoms with Crippen LogP contribution in [0.15, 0.2) is 0 Å². The highest BCUT2D eigenvalue weighted by molar-refractivity contribution is 5.75. The summed E-state index contributed by atoms with van der Waals surface area (Å²) in [5, 5.41) is 8.63. The Kier molecular flexibility index (Phi) is 8.64. The minimum Gasteiger partial charge on any atom is -0.395 e. The molecule has 0 aliphatic heterocycles. The molecule has 0 heterocycles. The van der Waals surface area contributed by atoms with E-state index in [2.05, 4.69) is 6.92 Å². The van der Waals surface area contributed by atoms with Crippen molar-refractivity contribution in [3.63, 3.8) is 0 Å². The van der Waals surface area contributed by atoms with Crippen LogP contribution in [0.25, 0.3) is 0 Å². The molecule has 0 aromatic carbocycles. The summed E-state index contributed by atoms with van der Waals surface area (Å²) in [5.74, 6) is 0.149.